The standard InChI is InChI=1S/C31H26BrN3O4/c1-3-17-8-10-18(11-9-17)28-27-22(20-6-4-5-7-25(20)34-27)15-26(31(38)39-2)35(28)30(37)29(36)23-16-33-24-13-12-19(32)14-21(23)24/h4-14,16,26,28,33-34H,3,15H2,1-2H3/t26-,28-/m1/s1. The van der Waals surface area contributed by atoms with Gasteiger partial charge in [-0.25, -0.2) is 4.79 Å². The molecule has 7 nitrogen and oxygen atoms in total. The number of fused-ring (bicyclic) bond motifs is 4. The summed E-state index contributed by atoms with van der Waals surface area (Å²) in [7, 11) is 1.31. The number of H-pyrrole nitrogens is 2. The highest BCUT2D eigenvalue weighted by Crippen LogP contribution is 2.42. The number of Topliss-reactive ketones (excluding diaryl/α,β-unsaturated/α-hetero) is 1. The maximum absolute atomic E-state index is 14.2. The van der Waals surface area contributed by atoms with Crippen molar-refractivity contribution in [2.75, 3.05) is 7.11 Å². The number of aromatic amines is 2. The van der Waals surface area contributed by atoms with E-state index in [9.17, 15) is 14.4 Å². The number of benzene rings is 3. The summed E-state index contributed by atoms with van der Waals surface area (Å²) in [5, 5.41) is 1.61. The van der Waals surface area contributed by atoms with E-state index >= 15 is 0 Å². The molecule has 2 aromatic heterocycles. The lowest BCUT2D eigenvalue weighted by molar-refractivity contribution is -0.153. The Morgan fingerprint density at radius 2 is 1.77 bits per heavy atom. The molecular formula is C31H26BrN3O4. The number of halogens is 1. The first-order valence-electron chi connectivity index (χ1n) is 12.8. The van der Waals surface area contributed by atoms with Crippen LogP contribution in [0.3, 0.4) is 0 Å². The predicted octanol–water partition coefficient (Wildman–Crippen LogP) is 5.87. The van der Waals surface area contributed by atoms with Gasteiger partial charge in [0.1, 0.15) is 6.04 Å². The summed E-state index contributed by atoms with van der Waals surface area (Å²) < 4.78 is 5.97. The zero-order chi connectivity index (χ0) is 27.3. The van der Waals surface area contributed by atoms with Gasteiger partial charge in [0.2, 0.25) is 0 Å². The number of nitrogens with zero attached hydrogens (tertiary/aromatic N) is 1. The van der Waals surface area contributed by atoms with Crippen molar-refractivity contribution in [3.8, 4) is 0 Å². The Kier molecular flexibility index (Phi) is 6.35. The first kappa shape index (κ1) is 25.1. The lowest BCUT2D eigenvalue weighted by atomic mass is 9.87. The van der Waals surface area contributed by atoms with Crippen molar-refractivity contribution in [1.29, 1.82) is 0 Å². The number of carbonyl (C=O) groups excluding carboxylic acids is 3. The maximum atomic E-state index is 14.2. The topological polar surface area (TPSA) is 95.3 Å². The lowest BCUT2D eigenvalue weighted by Gasteiger charge is -2.40. The van der Waals surface area contributed by atoms with E-state index in [1.807, 2.05) is 60.7 Å². The smallest absolute Gasteiger partial charge is 0.328 e. The molecule has 1 amide bonds. The molecule has 6 rings (SSSR count). The Balaban J connectivity index is 1.54. The largest absolute Gasteiger partial charge is 0.467 e. The van der Waals surface area contributed by atoms with E-state index in [4.69, 9.17) is 4.74 Å². The molecule has 0 radical (unpaired) electrons. The third-order valence-corrected chi connectivity index (χ3v) is 8.12. The second-order valence-corrected chi connectivity index (χ2v) is 10.7. The zero-order valence-corrected chi connectivity index (χ0v) is 23.0. The molecule has 2 atom stereocenters. The Hall–Kier alpha value is -4.17. The number of ether oxygens (including phenoxy) is 1. The van der Waals surface area contributed by atoms with Crippen LogP contribution in [0.2, 0.25) is 0 Å². The van der Waals surface area contributed by atoms with E-state index in [0.717, 1.165) is 49.7 Å². The SMILES string of the molecule is CCc1ccc([C@@H]2c3[nH]c4ccccc4c3C[C@H](C(=O)OC)N2C(=O)C(=O)c2c[nH]c3ccc(Br)cc23)cc1. The van der Waals surface area contributed by atoms with Gasteiger partial charge in [-0.2, -0.15) is 0 Å². The quantitative estimate of drug-likeness (QED) is 0.153. The van der Waals surface area contributed by atoms with Gasteiger partial charge >= 0.3 is 5.97 Å². The van der Waals surface area contributed by atoms with Crippen LogP contribution in [0, 0.1) is 0 Å². The first-order valence-corrected chi connectivity index (χ1v) is 13.6. The van der Waals surface area contributed by atoms with E-state index in [0.29, 0.717) is 5.39 Å². The minimum absolute atomic E-state index is 0.230. The molecule has 196 valence electrons. The number of ketones is 1. The van der Waals surface area contributed by atoms with Crippen molar-refractivity contribution in [1.82, 2.24) is 14.9 Å². The van der Waals surface area contributed by atoms with E-state index in [-0.39, 0.29) is 12.0 Å². The Bertz CT molecular complexity index is 1750. The van der Waals surface area contributed by atoms with Crippen LogP contribution in [-0.2, 0) is 27.2 Å². The van der Waals surface area contributed by atoms with Gasteiger partial charge in [-0.1, -0.05) is 65.3 Å². The van der Waals surface area contributed by atoms with Gasteiger partial charge in [-0.3, -0.25) is 9.59 Å². The molecule has 2 N–H and O–H groups in total. The molecule has 0 fully saturated rings. The van der Waals surface area contributed by atoms with Gasteiger partial charge in [-0.05, 0) is 47.4 Å². The number of para-hydroxylation sites is 1. The van der Waals surface area contributed by atoms with Crippen LogP contribution < -0.4 is 0 Å². The molecule has 1 aliphatic heterocycles. The summed E-state index contributed by atoms with van der Waals surface area (Å²) in [4.78, 5) is 49.3. The molecule has 1 aliphatic rings. The molecule has 0 unspecified atom stereocenters. The van der Waals surface area contributed by atoms with Gasteiger partial charge in [0.25, 0.3) is 11.7 Å². The number of nitrogens with one attached hydrogen (secondary N) is 2. The Labute approximate surface area is 233 Å². The summed E-state index contributed by atoms with van der Waals surface area (Å²) in [6.07, 6.45) is 2.65. The third-order valence-electron chi connectivity index (χ3n) is 7.63. The van der Waals surface area contributed by atoms with Gasteiger partial charge in [0.15, 0.2) is 0 Å². The van der Waals surface area contributed by atoms with Crippen molar-refractivity contribution in [2.45, 2.75) is 31.8 Å². The fourth-order valence-electron chi connectivity index (χ4n) is 5.65. The molecular weight excluding hydrogens is 558 g/mol. The number of aryl methyl sites for hydroxylation is 1. The molecule has 0 spiro atoms. The van der Waals surface area contributed by atoms with Crippen molar-refractivity contribution in [3.63, 3.8) is 0 Å². The van der Waals surface area contributed by atoms with Gasteiger partial charge in [0.05, 0.1) is 18.7 Å². The number of aromatic nitrogens is 2. The molecule has 3 heterocycles. The summed E-state index contributed by atoms with van der Waals surface area (Å²) in [5.41, 5.74) is 5.58. The number of methoxy groups -OCH3 is 1. The normalized spacial score (nSPS) is 16.8. The van der Waals surface area contributed by atoms with Crippen molar-refractivity contribution in [2.24, 2.45) is 0 Å². The van der Waals surface area contributed by atoms with E-state index in [1.54, 1.807) is 12.3 Å². The van der Waals surface area contributed by atoms with Crippen LogP contribution >= 0.6 is 15.9 Å². The summed E-state index contributed by atoms with van der Waals surface area (Å²) in [5.74, 6) is -2.02. The average Bonchev–Trinajstić information content (AvgIpc) is 3.56. The molecule has 3 aromatic carbocycles. The number of rotatable bonds is 5. The zero-order valence-electron chi connectivity index (χ0n) is 21.5. The van der Waals surface area contributed by atoms with Crippen LogP contribution in [0.25, 0.3) is 21.8 Å². The molecule has 5 aromatic rings. The number of carbonyl (C=O) groups is 3. The highest BCUT2D eigenvalue weighted by atomic mass is 79.9. The minimum Gasteiger partial charge on any atom is -0.467 e. The predicted molar refractivity (Wildman–Crippen MR) is 153 cm³/mol. The van der Waals surface area contributed by atoms with Crippen molar-refractivity contribution >= 4 is 55.4 Å². The molecule has 0 bridgehead atoms. The maximum Gasteiger partial charge on any atom is 0.328 e. The van der Waals surface area contributed by atoms with Gasteiger partial charge in [0, 0.05) is 44.6 Å². The van der Waals surface area contributed by atoms with Gasteiger partial charge in [-0.15, -0.1) is 0 Å². The number of hydrogen-bond donors (Lipinski definition) is 2. The van der Waals surface area contributed by atoms with E-state index in [1.165, 1.54) is 12.0 Å². The number of amides is 1. The second-order valence-electron chi connectivity index (χ2n) is 9.74. The van der Waals surface area contributed by atoms with Crippen LogP contribution in [0.4, 0.5) is 0 Å². The third kappa shape index (κ3) is 4.15. The molecule has 0 saturated carbocycles. The highest BCUT2D eigenvalue weighted by Gasteiger charge is 2.46. The Morgan fingerprint density at radius 1 is 1.00 bits per heavy atom. The summed E-state index contributed by atoms with van der Waals surface area (Å²) in [6, 6.07) is 19.7. The molecule has 8 heteroatoms. The van der Waals surface area contributed by atoms with Crippen LogP contribution in [0.15, 0.2) is 77.4 Å². The number of hydrogen-bond acceptors (Lipinski definition) is 4. The lowest BCUT2D eigenvalue weighted by Crippen LogP contribution is -2.53. The second kappa shape index (κ2) is 9.85. The minimum atomic E-state index is -0.981. The van der Waals surface area contributed by atoms with Crippen molar-refractivity contribution in [3.05, 3.63) is 105 Å². The first-order chi connectivity index (χ1) is 18.9. The fraction of sp³-hybridized carbons (Fsp3) is 0.194. The van der Waals surface area contributed by atoms with Crippen LogP contribution in [0.5, 0.6) is 0 Å². The summed E-state index contributed by atoms with van der Waals surface area (Å²) >= 11 is 3.45. The van der Waals surface area contributed by atoms with E-state index in [2.05, 4.69) is 32.8 Å². The average molecular weight is 584 g/mol. The summed E-state index contributed by atoms with van der Waals surface area (Å²) in [6.45, 7) is 2.08. The molecule has 0 saturated heterocycles. The molecule has 39 heavy (non-hydrogen) atoms. The van der Waals surface area contributed by atoms with Crippen LogP contribution in [0.1, 0.15) is 45.7 Å². The monoisotopic (exact) mass is 583 g/mol. The Morgan fingerprint density at radius 3 is 2.51 bits per heavy atom. The van der Waals surface area contributed by atoms with Gasteiger partial charge < -0.3 is 19.6 Å². The van der Waals surface area contributed by atoms with E-state index < -0.39 is 29.7 Å². The van der Waals surface area contributed by atoms with Crippen LogP contribution in [-0.4, -0.2) is 45.7 Å². The fourth-order valence-corrected chi connectivity index (χ4v) is 6.01. The number of esters is 1. The highest BCUT2D eigenvalue weighted by molar-refractivity contribution is 9.10. The van der Waals surface area contributed by atoms with Crippen molar-refractivity contribution < 1.29 is 19.1 Å². The molecule has 0 aliphatic carbocycles.